The molecule has 0 heterocycles. The predicted octanol–water partition coefficient (Wildman–Crippen LogP) is 4.40. The second-order valence-corrected chi connectivity index (χ2v) is 4.89. The number of halogens is 2. The molecule has 1 atom stereocenters. The summed E-state index contributed by atoms with van der Waals surface area (Å²) in [4.78, 5) is 0. The largest absolute Gasteiger partial charge is 0.456 e. The molecule has 0 bridgehead atoms. The third-order valence-corrected chi connectivity index (χ3v) is 3.15. The Hall–Kier alpha value is -1.39. The van der Waals surface area contributed by atoms with Gasteiger partial charge in [-0.05, 0) is 58.7 Å². The highest BCUT2D eigenvalue weighted by Gasteiger charge is 2.05. The van der Waals surface area contributed by atoms with E-state index in [4.69, 9.17) is 10.5 Å². The Morgan fingerprint density at radius 3 is 2.39 bits per heavy atom. The van der Waals surface area contributed by atoms with E-state index in [9.17, 15) is 4.39 Å². The fourth-order valence-corrected chi connectivity index (χ4v) is 1.96. The summed E-state index contributed by atoms with van der Waals surface area (Å²) in [6.45, 7) is 1.92. The number of rotatable bonds is 3. The first-order valence-electron chi connectivity index (χ1n) is 5.54. The predicted molar refractivity (Wildman–Crippen MR) is 73.2 cm³/mol. The van der Waals surface area contributed by atoms with Crippen molar-refractivity contribution in [3.63, 3.8) is 0 Å². The summed E-state index contributed by atoms with van der Waals surface area (Å²) in [5.74, 6) is 0.957. The third-order valence-electron chi connectivity index (χ3n) is 2.53. The average Bonchev–Trinajstić information content (AvgIpc) is 2.33. The zero-order valence-electron chi connectivity index (χ0n) is 9.86. The van der Waals surface area contributed by atoms with Gasteiger partial charge in [-0.3, -0.25) is 0 Å². The van der Waals surface area contributed by atoms with Gasteiger partial charge in [-0.25, -0.2) is 4.39 Å². The summed E-state index contributed by atoms with van der Waals surface area (Å²) in [6.07, 6.45) is 0. The maximum absolute atomic E-state index is 12.9. The smallest absolute Gasteiger partial charge is 0.141 e. The number of benzene rings is 2. The second-order valence-electron chi connectivity index (χ2n) is 4.03. The van der Waals surface area contributed by atoms with Crippen LogP contribution in [-0.4, -0.2) is 0 Å². The van der Waals surface area contributed by atoms with E-state index in [2.05, 4.69) is 15.9 Å². The van der Waals surface area contributed by atoms with Gasteiger partial charge in [-0.2, -0.15) is 0 Å². The maximum Gasteiger partial charge on any atom is 0.141 e. The van der Waals surface area contributed by atoms with Crippen LogP contribution >= 0.6 is 15.9 Å². The van der Waals surface area contributed by atoms with Crippen molar-refractivity contribution in [2.75, 3.05) is 0 Å². The number of hydrogen-bond acceptors (Lipinski definition) is 2. The molecule has 2 nitrogen and oxygen atoms in total. The molecule has 0 aliphatic rings. The zero-order chi connectivity index (χ0) is 13.1. The molecule has 0 aliphatic heterocycles. The van der Waals surface area contributed by atoms with Crippen LogP contribution in [-0.2, 0) is 0 Å². The van der Waals surface area contributed by atoms with E-state index >= 15 is 0 Å². The van der Waals surface area contributed by atoms with Gasteiger partial charge in [0.1, 0.15) is 17.3 Å². The molecule has 2 N–H and O–H groups in total. The number of hydrogen-bond donors (Lipinski definition) is 1. The standard InChI is InChI=1S/C14H13BrFNO/c1-9(17)10-2-5-12(6-3-10)18-14-7-4-11(16)8-13(14)15/h2-9H,17H2,1H3/t9-/m1/s1. The lowest BCUT2D eigenvalue weighted by atomic mass is 10.1. The van der Waals surface area contributed by atoms with Crippen LogP contribution in [0.4, 0.5) is 4.39 Å². The fraction of sp³-hybridized carbons (Fsp3) is 0.143. The van der Waals surface area contributed by atoms with Gasteiger partial charge in [0.05, 0.1) is 4.47 Å². The minimum atomic E-state index is -0.304. The van der Waals surface area contributed by atoms with Gasteiger partial charge in [0, 0.05) is 6.04 Å². The monoisotopic (exact) mass is 309 g/mol. The molecule has 2 aromatic carbocycles. The van der Waals surface area contributed by atoms with Crippen LogP contribution in [0.25, 0.3) is 0 Å². The van der Waals surface area contributed by atoms with Crippen LogP contribution in [0.2, 0.25) is 0 Å². The molecule has 0 amide bonds. The highest BCUT2D eigenvalue weighted by Crippen LogP contribution is 2.30. The molecule has 94 valence electrons. The van der Waals surface area contributed by atoms with E-state index in [0.29, 0.717) is 16.0 Å². The quantitative estimate of drug-likeness (QED) is 0.912. The van der Waals surface area contributed by atoms with E-state index in [-0.39, 0.29) is 11.9 Å². The fourth-order valence-electron chi connectivity index (χ4n) is 1.52. The minimum Gasteiger partial charge on any atom is -0.456 e. The molecular weight excluding hydrogens is 297 g/mol. The SMILES string of the molecule is C[C@@H](N)c1ccc(Oc2ccc(F)cc2Br)cc1. The zero-order valence-corrected chi connectivity index (χ0v) is 11.4. The van der Waals surface area contributed by atoms with Gasteiger partial charge in [0.2, 0.25) is 0 Å². The summed E-state index contributed by atoms with van der Waals surface area (Å²) in [5.41, 5.74) is 6.81. The first-order valence-corrected chi connectivity index (χ1v) is 6.34. The van der Waals surface area contributed by atoms with Crippen molar-refractivity contribution in [3.8, 4) is 11.5 Å². The lowest BCUT2D eigenvalue weighted by Gasteiger charge is -2.09. The molecule has 0 aromatic heterocycles. The molecule has 2 rings (SSSR count). The van der Waals surface area contributed by atoms with Crippen molar-refractivity contribution in [3.05, 3.63) is 58.3 Å². The van der Waals surface area contributed by atoms with E-state index in [0.717, 1.165) is 5.56 Å². The summed E-state index contributed by atoms with van der Waals surface area (Å²) in [5, 5.41) is 0. The molecule has 0 fully saturated rings. The number of ether oxygens (including phenoxy) is 1. The van der Waals surface area contributed by atoms with Crippen LogP contribution in [0.3, 0.4) is 0 Å². The van der Waals surface area contributed by atoms with Crippen molar-refractivity contribution >= 4 is 15.9 Å². The van der Waals surface area contributed by atoms with Crippen molar-refractivity contribution in [2.24, 2.45) is 5.73 Å². The van der Waals surface area contributed by atoms with Crippen molar-refractivity contribution in [2.45, 2.75) is 13.0 Å². The Morgan fingerprint density at radius 2 is 1.83 bits per heavy atom. The van der Waals surface area contributed by atoms with Gasteiger partial charge in [0.25, 0.3) is 0 Å². The maximum atomic E-state index is 12.9. The molecule has 0 saturated heterocycles. The van der Waals surface area contributed by atoms with Crippen LogP contribution in [0.15, 0.2) is 46.9 Å². The second kappa shape index (κ2) is 5.50. The molecule has 0 aliphatic carbocycles. The first kappa shape index (κ1) is 13.1. The Morgan fingerprint density at radius 1 is 1.17 bits per heavy atom. The lowest BCUT2D eigenvalue weighted by Crippen LogP contribution is -2.04. The van der Waals surface area contributed by atoms with E-state index < -0.39 is 0 Å². The molecule has 18 heavy (non-hydrogen) atoms. The minimum absolute atomic E-state index is 0.00314. The summed E-state index contributed by atoms with van der Waals surface area (Å²) in [7, 11) is 0. The summed E-state index contributed by atoms with van der Waals surface area (Å²) in [6, 6.07) is 11.8. The van der Waals surface area contributed by atoms with Gasteiger partial charge < -0.3 is 10.5 Å². The van der Waals surface area contributed by atoms with Crippen molar-refractivity contribution < 1.29 is 9.13 Å². The highest BCUT2D eigenvalue weighted by atomic mass is 79.9. The van der Waals surface area contributed by atoms with Crippen molar-refractivity contribution in [1.82, 2.24) is 0 Å². The van der Waals surface area contributed by atoms with E-state index in [1.54, 1.807) is 6.07 Å². The van der Waals surface area contributed by atoms with Crippen molar-refractivity contribution in [1.29, 1.82) is 0 Å². The topological polar surface area (TPSA) is 35.2 Å². The normalized spacial score (nSPS) is 12.2. The number of nitrogens with two attached hydrogens (primary N) is 1. The molecule has 0 unspecified atom stereocenters. The molecule has 0 saturated carbocycles. The molecule has 4 heteroatoms. The van der Waals surface area contributed by atoms with Crippen LogP contribution in [0.5, 0.6) is 11.5 Å². The Balaban J connectivity index is 2.18. The summed E-state index contributed by atoms with van der Waals surface area (Å²) >= 11 is 3.26. The van der Waals surface area contributed by atoms with Crippen LogP contribution < -0.4 is 10.5 Å². The lowest BCUT2D eigenvalue weighted by molar-refractivity contribution is 0.477. The molecule has 2 aromatic rings. The van der Waals surface area contributed by atoms with Crippen LogP contribution in [0, 0.1) is 5.82 Å². The van der Waals surface area contributed by atoms with E-state index in [1.165, 1.54) is 12.1 Å². The Labute approximate surface area is 114 Å². The Bertz CT molecular complexity index is 540. The third kappa shape index (κ3) is 3.09. The van der Waals surface area contributed by atoms with Crippen LogP contribution in [0.1, 0.15) is 18.5 Å². The van der Waals surface area contributed by atoms with Gasteiger partial charge in [0.15, 0.2) is 0 Å². The Kier molecular flexibility index (Phi) is 3.99. The molecular formula is C14H13BrFNO. The highest BCUT2D eigenvalue weighted by molar-refractivity contribution is 9.10. The molecule has 0 radical (unpaired) electrons. The van der Waals surface area contributed by atoms with E-state index in [1.807, 2.05) is 31.2 Å². The first-order chi connectivity index (χ1) is 8.56. The van der Waals surface area contributed by atoms with Gasteiger partial charge in [-0.15, -0.1) is 0 Å². The van der Waals surface area contributed by atoms with Gasteiger partial charge >= 0.3 is 0 Å². The molecule has 0 spiro atoms. The van der Waals surface area contributed by atoms with Gasteiger partial charge in [-0.1, -0.05) is 12.1 Å². The summed E-state index contributed by atoms with van der Waals surface area (Å²) < 4.78 is 19.2. The average molecular weight is 310 g/mol.